The first-order chi connectivity index (χ1) is 9.94. The Morgan fingerprint density at radius 1 is 1.10 bits per heavy atom. The molecule has 2 aromatic rings. The molecule has 110 valence electrons. The highest BCUT2D eigenvalue weighted by atomic mass is 16.1. The predicted octanol–water partition coefficient (Wildman–Crippen LogP) is 4.31. The van der Waals surface area contributed by atoms with Crippen molar-refractivity contribution < 1.29 is 4.79 Å². The molecule has 0 aliphatic heterocycles. The van der Waals surface area contributed by atoms with Gasteiger partial charge in [0.2, 0.25) is 0 Å². The Hall–Kier alpha value is -2.16. The van der Waals surface area contributed by atoms with E-state index in [2.05, 4.69) is 43.2 Å². The topological polar surface area (TPSA) is 42.0 Å². The molecule has 3 heteroatoms. The maximum absolute atomic E-state index is 12.0. The Bertz CT molecular complexity index is 583. The Labute approximate surface area is 126 Å². The summed E-state index contributed by atoms with van der Waals surface area (Å²) in [4.78, 5) is 16.0. The Balaban J connectivity index is 1.95. The molecule has 3 nitrogen and oxygen atoms in total. The summed E-state index contributed by atoms with van der Waals surface area (Å²) in [5.74, 6) is -0.182. The largest absolute Gasteiger partial charge is 0.321 e. The van der Waals surface area contributed by atoms with Gasteiger partial charge in [-0.1, -0.05) is 39.0 Å². The van der Waals surface area contributed by atoms with Crippen molar-refractivity contribution in [2.24, 2.45) is 5.41 Å². The third kappa shape index (κ3) is 5.03. The number of nitrogens with zero attached hydrogens (tertiary/aromatic N) is 1. The minimum atomic E-state index is -0.182. The van der Waals surface area contributed by atoms with Crippen molar-refractivity contribution in [1.29, 1.82) is 0 Å². The van der Waals surface area contributed by atoms with Crippen molar-refractivity contribution >= 4 is 11.6 Å². The van der Waals surface area contributed by atoms with Crippen LogP contribution >= 0.6 is 0 Å². The zero-order chi connectivity index (χ0) is 15.3. The fourth-order valence-electron chi connectivity index (χ4n) is 1.97. The van der Waals surface area contributed by atoms with Gasteiger partial charge in [-0.15, -0.1) is 0 Å². The van der Waals surface area contributed by atoms with Crippen molar-refractivity contribution in [3.8, 4) is 0 Å². The number of hydrogen-bond donors (Lipinski definition) is 1. The van der Waals surface area contributed by atoms with E-state index in [4.69, 9.17) is 0 Å². The van der Waals surface area contributed by atoms with Crippen LogP contribution in [0.2, 0.25) is 0 Å². The molecule has 1 N–H and O–H groups in total. The van der Waals surface area contributed by atoms with E-state index in [0.29, 0.717) is 11.1 Å². The van der Waals surface area contributed by atoms with Crippen LogP contribution in [-0.4, -0.2) is 10.9 Å². The fourth-order valence-corrected chi connectivity index (χ4v) is 1.97. The van der Waals surface area contributed by atoms with Gasteiger partial charge < -0.3 is 5.32 Å². The van der Waals surface area contributed by atoms with Crippen molar-refractivity contribution in [3.05, 3.63) is 59.9 Å². The van der Waals surface area contributed by atoms with Crippen molar-refractivity contribution in [2.45, 2.75) is 33.6 Å². The standard InChI is InChI=1S/C18H22N2O/c1-18(2,3)12-11-14-7-9-15(10-8-14)20-17(21)16-6-4-5-13-19-16/h4-10,13H,11-12H2,1-3H3,(H,20,21). The van der Waals surface area contributed by atoms with Gasteiger partial charge in [0.15, 0.2) is 0 Å². The molecule has 1 amide bonds. The number of amides is 1. The quantitative estimate of drug-likeness (QED) is 0.907. The molecular formula is C18H22N2O. The number of nitrogens with one attached hydrogen (secondary N) is 1. The van der Waals surface area contributed by atoms with E-state index in [1.165, 1.54) is 5.56 Å². The molecule has 0 atom stereocenters. The second-order valence-electron chi connectivity index (χ2n) is 6.43. The van der Waals surface area contributed by atoms with Crippen molar-refractivity contribution in [3.63, 3.8) is 0 Å². The highest BCUT2D eigenvalue weighted by Crippen LogP contribution is 2.22. The summed E-state index contributed by atoms with van der Waals surface area (Å²) in [6.45, 7) is 6.73. The van der Waals surface area contributed by atoms with Gasteiger partial charge in [0, 0.05) is 11.9 Å². The normalized spacial score (nSPS) is 11.2. The molecule has 0 bridgehead atoms. The molecule has 1 heterocycles. The van der Waals surface area contributed by atoms with Gasteiger partial charge >= 0.3 is 0 Å². The fraction of sp³-hybridized carbons (Fsp3) is 0.333. The zero-order valence-corrected chi connectivity index (χ0v) is 12.9. The number of aryl methyl sites for hydroxylation is 1. The highest BCUT2D eigenvalue weighted by molar-refractivity contribution is 6.02. The van der Waals surface area contributed by atoms with E-state index in [1.54, 1.807) is 24.4 Å². The third-order valence-corrected chi connectivity index (χ3v) is 3.27. The van der Waals surface area contributed by atoms with Crippen LogP contribution in [0.3, 0.4) is 0 Å². The van der Waals surface area contributed by atoms with Gasteiger partial charge in [0.05, 0.1) is 0 Å². The van der Waals surface area contributed by atoms with Crippen molar-refractivity contribution in [1.82, 2.24) is 4.98 Å². The number of rotatable bonds is 4. The lowest BCUT2D eigenvalue weighted by molar-refractivity contribution is 0.102. The average molecular weight is 282 g/mol. The Kier molecular flexibility index (Phi) is 4.73. The van der Waals surface area contributed by atoms with Crippen LogP contribution in [0, 0.1) is 5.41 Å². The lowest BCUT2D eigenvalue weighted by Gasteiger charge is -2.17. The molecule has 0 aliphatic rings. The van der Waals surface area contributed by atoms with E-state index >= 15 is 0 Å². The van der Waals surface area contributed by atoms with Crippen LogP contribution < -0.4 is 5.32 Å². The van der Waals surface area contributed by atoms with Crippen LogP contribution in [0.5, 0.6) is 0 Å². The van der Waals surface area contributed by atoms with Crippen LogP contribution in [0.15, 0.2) is 48.7 Å². The van der Waals surface area contributed by atoms with Gasteiger partial charge in [-0.3, -0.25) is 9.78 Å². The Morgan fingerprint density at radius 2 is 1.81 bits per heavy atom. The lowest BCUT2D eigenvalue weighted by Crippen LogP contribution is -2.13. The van der Waals surface area contributed by atoms with E-state index < -0.39 is 0 Å². The molecular weight excluding hydrogens is 260 g/mol. The number of pyridine rings is 1. The second kappa shape index (κ2) is 6.53. The van der Waals surface area contributed by atoms with Crippen molar-refractivity contribution in [2.75, 3.05) is 5.32 Å². The number of carbonyl (C=O) groups excluding carboxylic acids is 1. The van der Waals surface area contributed by atoms with Gasteiger partial charge in [0.1, 0.15) is 5.69 Å². The number of hydrogen-bond acceptors (Lipinski definition) is 2. The van der Waals surface area contributed by atoms with Gasteiger partial charge in [0.25, 0.3) is 5.91 Å². The molecule has 1 aromatic carbocycles. The molecule has 0 spiro atoms. The van der Waals surface area contributed by atoms with E-state index in [0.717, 1.165) is 18.5 Å². The van der Waals surface area contributed by atoms with E-state index in [-0.39, 0.29) is 5.91 Å². The highest BCUT2D eigenvalue weighted by Gasteiger charge is 2.10. The maximum Gasteiger partial charge on any atom is 0.274 e. The summed E-state index contributed by atoms with van der Waals surface area (Å²) in [5.41, 5.74) is 2.85. The van der Waals surface area contributed by atoms with Crippen LogP contribution in [0.4, 0.5) is 5.69 Å². The first-order valence-electron chi connectivity index (χ1n) is 7.25. The molecule has 2 rings (SSSR count). The van der Waals surface area contributed by atoms with Crippen LogP contribution in [0.1, 0.15) is 43.2 Å². The average Bonchev–Trinajstić information content (AvgIpc) is 2.46. The van der Waals surface area contributed by atoms with Gasteiger partial charge in [-0.2, -0.15) is 0 Å². The number of carbonyl (C=O) groups is 1. The summed E-state index contributed by atoms with van der Waals surface area (Å²) < 4.78 is 0. The summed E-state index contributed by atoms with van der Waals surface area (Å²) in [6.07, 6.45) is 3.81. The summed E-state index contributed by atoms with van der Waals surface area (Å²) >= 11 is 0. The molecule has 0 saturated carbocycles. The molecule has 21 heavy (non-hydrogen) atoms. The molecule has 0 unspecified atom stereocenters. The van der Waals surface area contributed by atoms with Gasteiger partial charge in [-0.25, -0.2) is 0 Å². The molecule has 0 aliphatic carbocycles. The summed E-state index contributed by atoms with van der Waals surface area (Å²) in [5, 5.41) is 2.86. The first kappa shape index (κ1) is 15.2. The second-order valence-corrected chi connectivity index (χ2v) is 6.43. The maximum atomic E-state index is 12.0. The first-order valence-corrected chi connectivity index (χ1v) is 7.25. The minimum absolute atomic E-state index is 0.182. The van der Waals surface area contributed by atoms with E-state index in [1.807, 2.05) is 12.1 Å². The van der Waals surface area contributed by atoms with E-state index in [9.17, 15) is 4.79 Å². The summed E-state index contributed by atoms with van der Waals surface area (Å²) in [7, 11) is 0. The van der Waals surface area contributed by atoms with Crippen LogP contribution in [-0.2, 0) is 6.42 Å². The lowest BCUT2D eigenvalue weighted by atomic mass is 9.89. The van der Waals surface area contributed by atoms with Gasteiger partial charge in [-0.05, 0) is 48.1 Å². The molecule has 0 fully saturated rings. The zero-order valence-electron chi connectivity index (χ0n) is 12.9. The molecule has 0 radical (unpaired) electrons. The SMILES string of the molecule is CC(C)(C)CCc1ccc(NC(=O)c2ccccn2)cc1. The number of anilines is 1. The minimum Gasteiger partial charge on any atom is -0.321 e. The van der Waals surface area contributed by atoms with Crippen LogP contribution in [0.25, 0.3) is 0 Å². The number of benzene rings is 1. The Morgan fingerprint density at radius 3 is 2.38 bits per heavy atom. The summed E-state index contributed by atoms with van der Waals surface area (Å²) in [6, 6.07) is 13.3. The number of aromatic nitrogens is 1. The molecule has 1 aromatic heterocycles. The molecule has 0 saturated heterocycles. The third-order valence-electron chi connectivity index (χ3n) is 3.27. The smallest absolute Gasteiger partial charge is 0.274 e. The predicted molar refractivity (Wildman–Crippen MR) is 86.4 cm³/mol. The monoisotopic (exact) mass is 282 g/mol.